The van der Waals surface area contributed by atoms with Gasteiger partial charge in [-0.25, -0.2) is 8.78 Å². The molecule has 1 amide bonds. The molecule has 1 unspecified atom stereocenters. The molecule has 2 rings (SSSR count). The summed E-state index contributed by atoms with van der Waals surface area (Å²) in [6.45, 7) is 3.77. The van der Waals surface area contributed by atoms with Crippen LogP contribution in [0.3, 0.4) is 0 Å². The number of halogens is 2. The van der Waals surface area contributed by atoms with E-state index in [-0.39, 0.29) is 11.6 Å². The summed E-state index contributed by atoms with van der Waals surface area (Å²) < 4.78 is 26.2. The fourth-order valence-electron chi connectivity index (χ4n) is 2.12. The van der Waals surface area contributed by atoms with Crippen LogP contribution in [0.2, 0.25) is 0 Å². The van der Waals surface area contributed by atoms with Crippen LogP contribution in [0, 0.1) is 18.6 Å². The summed E-state index contributed by atoms with van der Waals surface area (Å²) in [4.78, 5) is 12.0. The zero-order valence-electron chi connectivity index (χ0n) is 11.3. The van der Waals surface area contributed by atoms with E-state index < -0.39 is 17.5 Å². The standard InChI is InChI=1S/C16H15F2NO/c1-10-5-3-4-6-15(10)11(2)19-16(20)12-7-13(17)9-14(18)8-12/h3-9,11H,1-2H3,(H,19,20). The van der Waals surface area contributed by atoms with E-state index in [9.17, 15) is 13.6 Å². The Kier molecular flexibility index (Phi) is 4.13. The first kappa shape index (κ1) is 14.2. The maximum absolute atomic E-state index is 13.1. The molecule has 4 heteroatoms. The first-order valence-electron chi connectivity index (χ1n) is 6.30. The molecular weight excluding hydrogens is 260 g/mol. The Bertz CT molecular complexity index is 620. The van der Waals surface area contributed by atoms with Crippen LogP contribution in [0.5, 0.6) is 0 Å². The number of carbonyl (C=O) groups is 1. The molecular formula is C16H15F2NO. The number of carbonyl (C=O) groups excluding carboxylic acids is 1. The van der Waals surface area contributed by atoms with Crippen molar-refractivity contribution in [3.63, 3.8) is 0 Å². The van der Waals surface area contributed by atoms with E-state index in [4.69, 9.17) is 0 Å². The second-order valence-corrected chi connectivity index (χ2v) is 4.71. The van der Waals surface area contributed by atoms with Crippen molar-refractivity contribution in [2.45, 2.75) is 19.9 Å². The lowest BCUT2D eigenvalue weighted by Crippen LogP contribution is -2.27. The van der Waals surface area contributed by atoms with Crippen molar-refractivity contribution in [1.29, 1.82) is 0 Å². The highest BCUT2D eigenvalue weighted by atomic mass is 19.1. The molecule has 0 aromatic heterocycles. The van der Waals surface area contributed by atoms with Gasteiger partial charge in [0.15, 0.2) is 0 Å². The lowest BCUT2D eigenvalue weighted by atomic mass is 10.0. The number of hydrogen-bond acceptors (Lipinski definition) is 1. The van der Waals surface area contributed by atoms with Crippen LogP contribution in [-0.2, 0) is 0 Å². The van der Waals surface area contributed by atoms with Gasteiger partial charge < -0.3 is 5.32 Å². The van der Waals surface area contributed by atoms with Crippen LogP contribution >= 0.6 is 0 Å². The molecule has 0 aliphatic heterocycles. The van der Waals surface area contributed by atoms with Crippen molar-refractivity contribution in [1.82, 2.24) is 5.32 Å². The minimum Gasteiger partial charge on any atom is -0.346 e. The van der Waals surface area contributed by atoms with Crippen molar-refractivity contribution in [2.75, 3.05) is 0 Å². The van der Waals surface area contributed by atoms with Gasteiger partial charge in [0.2, 0.25) is 0 Å². The van der Waals surface area contributed by atoms with E-state index in [0.717, 1.165) is 29.3 Å². The summed E-state index contributed by atoms with van der Waals surface area (Å²) in [6, 6.07) is 10.2. The fourth-order valence-corrected chi connectivity index (χ4v) is 2.12. The summed E-state index contributed by atoms with van der Waals surface area (Å²) in [5.74, 6) is -2.03. The van der Waals surface area contributed by atoms with Crippen molar-refractivity contribution in [3.05, 3.63) is 70.8 Å². The van der Waals surface area contributed by atoms with Crippen molar-refractivity contribution >= 4 is 5.91 Å². The summed E-state index contributed by atoms with van der Waals surface area (Å²) in [6.07, 6.45) is 0. The molecule has 0 saturated carbocycles. The smallest absolute Gasteiger partial charge is 0.251 e. The lowest BCUT2D eigenvalue weighted by Gasteiger charge is -2.16. The Morgan fingerprint density at radius 2 is 1.70 bits per heavy atom. The van der Waals surface area contributed by atoms with Gasteiger partial charge in [0.1, 0.15) is 11.6 Å². The number of benzene rings is 2. The van der Waals surface area contributed by atoms with Crippen LogP contribution in [0.15, 0.2) is 42.5 Å². The average molecular weight is 275 g/mol. The first-order chi connectivity index (χ1) is 9.47. The van der Waals surface area contributed by atoms with E-state index in [2.05, 4.69) is 5.32 Å². The maximum Gasteiger partial charge on any atom is 0.251 e. The molecule has 1 N–H and O–H groups in total. The molecule has 0 bridgehead atoms. The predicted octanol–water partition coefficient (Wildman–Crippen LogP) is 3.76. The number of amides is 1. The number of aryl methyl sites for hydroxylation is 1. The van der Waals surface area contributed by atoms with Gasteiger partial charge in [-0.1, -0.05) is 24.3 Å². The van der Waals surface area contributed by atoms with Gasteiger partial charge in [-0.05, 0) is 37.1 Å². The molecule has 104 valence electrons. The molecule has 2 aromatic rings. The summed E-state index contributed by atoms with van der Waals surface area (Å²) in [5, 5.41) is 2.74. The first-order valence-corrected chi connectivity index (χ1v) is 6.30. The molecule has 0 radical (unpaired) electrons. The van der Waals surface area contributed by atoms with Crippen LogP contribution in [-0.4, -0.2) is 5.91 Å². The van der Waals surface area contributed by atoms with Crippen molar-refractivity contribution in [3.8, 4) is 0 Å². The Morgan fingerprint density at radius 3 is 2.30 bits per heavy atom. The summed E-state index contributed by atoms with van der Waals surface area (Å²) in [7, 11) is 0. The summed E-state index contributed by atoms with van der Waals surface area (Å²) >= 11 is 0. The van der Waals surface area contributed by atoms with E-state index in [1.807, 2.05) is 38.1 Å². The molecule has 0 heterocycles. The Balaban J connectivity index is 2.17. The average Bonchev–Trinajstić information content (AvgIpc) is 2.37. The van der Waals surface area contributed by atoms with Gasteiger partial charge in [-0.2, -0.15) is 0 Å². The third-order valence-corrected chi connectivity index (χ3v) is 3.13. The Hall–Kier alpha value is -2.23. The highest BCUT2D eigenvalue weighted by molar-refractivity contribution is 5.94. The fraction of sp³-hybridized carbons (Fsp3) is 0.188. The molecule has 0 saturated heterocycles. The Labute approximate surface area is 116 Å². The van der Waals surface area contributed by atoms with Gasteiger partial charge in [-0.3, -0.25) is 4.79 Å². The number of nitrogens with one attached hydrogen (secondary N) is 1. The summed E-state index contributed by atoms with van der Waals surface area (Å²) in [5.41, 5.74) is 1.99. The van der Waals surface area contributed by atoms with Gasteiger partial charge in [-0.15, -0.1) is 0 Å². The molecule has 1 atom stereocenters. The maximum atomic E-state index is 13.1. The topological polar surface area (TPSA) is 29.1 Å². The van der Waals surface area contributed by atoms with Crippen molar-refractivity contribution in [2.24, 2.45) is 0 Å². The zero-order chi connectivity index (χ0) is 14.7. The largest absolute Gasteiger partial charge is 0.346 e. The van der Waals surface area contributed by atoms with Crippen LogP contribution < -0.4 is 5.32 Å². The molecule has 20 heavy (non-hydrogen) atoms. The van der Waals surface area contributed by atoms with Crippen LogP contribution in [0.25, 0.3) is 0 Å². The third kappa shape index (κ3) is 3.20. The minimum atomic E-state index is -0.765. The molecule has 2 aromatic carbocycles. The lowest BCUT2D eigenvalue weighted by molar-refractivity contribution is 0.0939. The minimum absolute atomic E-state index is 0.0251. The molecule has 0 aliphatic carbocycles. The van der Waals surface area contributed by atoms with E-state index in [0.29, 0.717) is 0 Å². The highest BCUT2D eigenvalue weighted by Gasteiger charge is 2.14. The van der Waals surface area contributed by atoms with E-state index >= 15 is 0 Å². The number of rotatable bonds is 3. The molecule has 2 nitrogen and oxygen atoms in total. The van der Waals surface area contributed by atoms with E-state index in [1.54, 1.807) is 0 Å². The SMILES string of the molecule is Cc1ccccc1C(C)NC(=O)c1cc(F)cc(F)c1. The van der Waals surface area contributed by atoms with Crippen LogP contribution in [0.4, 0.5) is 8.78 Å². The van der Waals surface area contributed by atoms with Gasteiger partial charge in [0, 0.05) is 11.6 Å². The second-order valence-electron chi connectivity index (χ2n) is 4.71. The van der Waals surface area contributed by atoms with Gasteiger partial charge in [0.25, 0.3) is 5.91 Å². The Morgan fingerprint density at radius 1 is 1.10 bits per heavy atom. The molecule has 0 fully saturated rings. The molecule has 0 spiro atoms. The third-order valence-electron chi connectivity index (χ3n) is 3.13. The van der Waals surface area contributed by atoms with Crippen molar-refractivity contribution < 1.29 is 13.6 Å². The monoisotopic (exact) mass is 275 g/mol. The number of hydrogen-bond donors (Lipinski definition) is 1. The van der Waals surface area contributed by atoms with Gasteiger partial charge >= 0.3 is 0 Å². The normalized spacial score (nSPS) is 12.0. The quantitative estimate of drug-likeness (QED) is 0.907. The van der Waals surface area contributed by atoms with E-state index in [1.165, 1.54) is 0 Å². The van der Waals surface area contributed by atoms with Crippen LogP contribution in [0.1, 0.15) is 34.5 Å². The predicted molar refractivity (Wildman–Crippen MR) is 73.4 cm³/mol. The molecule has 0 aliphatic rings. The second kappa shape index (κ2) is 5.82. The zero-order valence-corrected chi connectivity index (χ0v) is 11.3. The highest BCUT2D eigenvalue weighted by Crippen LogP contribution is 2.17. The van der Waals surface area contributed by atoms with Gasteiger partial charge in [0.05, 0.1) is 6.04 Å².